The molecule has 0 saturated heterocycles. The predicted molar refractivity (Wildman–Crippen MR) is 80.7 cm³/mol. The van der Waals surface area contributed by atoms with Crippen molar-refractivity contribution in [1.29, 1.82) is 0 Å². The zero-order valence-corrected chi connectivity index (χ0v) is 13.0. The Morgan fingerprint density at radius 2 is 2.05 bits per heavy atom. The third kappa shape index (κ3) is 3.62. The molecule has 0 aliphatic carbocycles. The summed E-state index contributed by atoms with van der Waals surface area (Å²) >= 11 is 5.90. The smallest absolute Gasteiger partial charge is 0.276 e. The summed E-state index contributed by atoms with van der Waals surface area (Å²) in [6.45, 7) is 3.16. The van der Waals surface area contributed by atoms with Crippen LogP contribution in [0.5, 0.6) is 0 Å². The zero-order chi connectivity index (χ0) is 15.6. The van der Waals surface area contributed by atoms with Crippen LogP contribution in [0.1, 0.15) is 18.5 Å². The van der Waals surface area contributed by atoms with Crippen molar-refractivity contribution >= 4 is 17.6 Å². The van der Waals surface area contributed by atoms with E-state index < -0.39 is 5.03 Å². The summed E-state index contributed by atoms with van der Waals surface area (Å²) < 4.78 is 1.76. The van der Waals surface area contributed by atoms with Crippen LogP contribution in [0.2, 0.25) is 5.02 Å². The van der Waals surface area contributed by atoms with Gasteiger partial charge in [-0.05, 0) is 31.7 Å². The molecule has 0 fully saturated rings. The third-order valence-electron chi connectivity index (χ3n) is 3.44. The highest BCUT2D eigenvalue weighted by molar-refractivity contribution is 6.30. The Labute approximate surface area is 128 Å². The molecule has 2 rings (SSSR count). The largest absolute Gasteiger partial charge is 0.328 e. The summed E-state index contributed by atoms with van der Waals surface area (Å²) in [6.07, 6.45) is 0. The van der Waals surface area contributed by atoms with Gasteiger partial charge in [-0.25, -0.2) is 10.1 Å². The van der Waals surface area contributed by atoms with Crippen LogP contribution in [0, 0.1) is 10.1 Å². The highest BCUT2D eigenvalue weighted by Gasteiger charge is 2.30. The summed E-state index contributed by atoms with van der Waals surface area (Å²) in [5.74, 6) is 0.362. The van der Waals surface area contributed by atoms with Crippen LogP contribution in [0.3, 0.4) is 0 Å². The van der Waals surface area contributed by atoms with E-state index in [2.05, 4.69) is 10.3 Å². The average molecular weight is 312 g/mol. The second-order valence-corrected chi connectivity index (χ2v) is 5.61. The minimum Gasteiger partial charge on any atom is -0.328 e. The fraction of sp³-hybridized carbons (Fsp3) is 0.462. The van der Waals surface area contributed by atoms with Crippen LogP contribution in [0.15, 0.2) is 24.3 Å². The molecule has 114 valence electrons. The monoisotopic (exact) mass is 311 g/mol. The van der Waals surface area contributed by atoms with E-state index in [-0.39, 0.29) is 6.04 Å². The van der Waals surface area contributed by atoms with E-state index in [4.69, 9.17) is 11.6 Å². The van der Waals surface area contributed by atoms with Crippen LogP contribution in [-0.2, 0) is 0 Å². The Morgan fingerprint density at radius 3 is 2.62 bits per heavy atom. The number of benzene rings is 1. The molecule has 7 nitrogen and oxygen atoms in total. The second-order valence-electron chi connectivity index (χ2n) is 5.17. The van der Waals surface area contributed by atoms with Gasteiger partial charge in [-0.1, -0.05) is 23.7 Å². The SMILES string of the molecule is C[C@@H](c1ccc(Cl)cc1)N1CN(C)C[N+](C)=C1[N-][N+](=O)[O-]. The van der Waals surface area contributed by atoms with Crippen molar-refractivity contribution in [1.82, 2.24) is 9.80 Å². The minimum absolute atomic E-state index is 0.0498. The summed E-state index contributed by atoms with van der Waals surface area (Å²) in [4.78, 5) is 14.7. The number of hydrogen-bond donors (Lipinski definition) is 0. The van der Waals surface area contributed by atoms with E-state index in [1.165, 1.54) is 0 Å². The van der Waals surface area contributed by atoms with Crippen molar-refractivity contribution in [2.75, 3.05) is 27.4 Å². The molecule has 0 amide bonds. The van der Waals surface area contributed by atoms with Gasteiger partial charge in [0.1, 0.15) is 5.43 Å². The van der Waals surface area contributed by atoms with Crippen molar-refractivity contribution in [3.63, 3.8) is 0 Å². The van der Waals surface area contributed by atoms with Gasteiger partial charge in [-0.2, -0.15) is 0 Å². The minimum atomic E-state index is -0.654. The van der Waals surface area contributed by atoms with Gasteiger partial charge < -0.3 is 9.48 Å². The topological polar surface area (TPSA) is 66.7 Å². The molecule has 0 bridgehead atoms. The summed E-state index contributed by atoms with van der Waals surface area (Å²) in [7, 11) is 3.75. The van der Waals surface area contributed by atoms with Gasteiger partial charge in [0.05, 0.1) is 19.4 Å². The normalized spacial score (nSPS) is 17.8. The lowest BCUT2D eigenvalue weighted by atomic mass is 10.1. The van der Waals surface area contributed by atoms with Crippen molar-refractivity contribution in [2.24, 2.45) is 0 Å². The van der Waals surface area contributed by atoms with Gasteiger partial charge in [0, 0.05) is 12.1 Å². The first kappa shape index (κ1) is 15.5. The van der Waals surface area contributed by atoms with E-state index in [1.54, 1.807) is 11.6 Å². The Bertz CT molecular complexity index is 560. The molecule has 1 heterocycles. The molecule has 0 spiro atoms. The first-order chi connectivity index (χ1) is 9.88. The zero-order valence-electron chi connectivity index (χ0n) is 12.2. The van der Waals surface area contributed by atoms with Gasteiger partial charge >= 0.3 is 0 Å². The Kier molecular flexibility index (Phi) is 4.64. The fourth-order valence-electron chi connectivity index (χ4n) is 2.44. The maximum absolute atomic E-state index is 10.8. The van der Waals surface area contributed by atoms with E-state index in [0.29, 0.717) is 24.3 Å². The number of halogens is 1. The molecule has 8 heteroatoms. The van der Waals surface area contributed by atoms with Crippen LogP contribution in [-0.4, -0.2) is 52.8 Å². The van der Waals surface area contributed by atoms with Gasteiger partial charge in [-0.15, -0.1) is 0 Å². The van der Waals surface area contributed by atoms with Gasteiger partial charge in [0.2, 0.25) is 0 Å². The predicted octanol–water partition coefficient (Wildman–Crippen LogP) is 2.13. The number of hydrogen-bond acceptors (Lipinski definition) is 4. The first-order valence-electron chi connectivity index (χ1n) is 6.53. The standard InChI is InChI=1S/C13H18ClN5O2/c1-10(11-4-6-12(14)7-5-11)18-9-16(2)8-17(3)13(18)15-19(20)21/h4-7,10H,8-9H2,1-3H3/t10-/m0/s1. The van der Waals surface area contributed by atoms with Crippen LogP contribution < -0.4 is 0 Å². The maximum atomic E-state index is 10.8. The Hall–Kier alpha value is -1.86. The lowest BCUT2D eigenvalue weighted by Crippen LogP contribution is -2.52. The Morgan fingerprint density at radius 1 is 1.43 bits per heavy atom. The van der Waals surface area contributed by atoms with E-state index >= 15 is 0 Å². The Balaban J connectivity index is 2.31. The third-order valence-corrected chi connectivity index (χ3v) is 3.69. The molecule has 0 unspecified atom stereocenters. The second kappa shape index (κ2) is 6.28. The molecular weight excluding hydrogens is 294 g/mol. The number of nitro groups is 1. The molecule has 0 radical (unpaired) electrons. The van der Waals surface area contributed by atoms with Crippen molar-refractivity contribution in [3.05, 3.63) is 50.4 Å². The van der Waals surface area contributed by atoms with Crippen LogP contribution in [0.4, 0.5) is 0 Å². The van der Waals surface area contributed by atoms with Crippen LogP contribution in [0.25, 0.3) is 5.43 Å². The highest BCUT2D eigenvalue weighted by atomic mass is 35.5. The molecule has 0 aromatic heterocycles. The lowest BCUT2D eigenvalue weighted by molar-refractivity contribution is -0.541. The molecular formula is C13H18ClN5O2. The fourth-order valence-corrected chi connectivity index (χ4v) is 2.56. The van der Waals surface area contributed by atoms with Crippen molar-refractivity contribution in [3.8, 4) is 0 Å². The van der Waals surface area contributed by atoms with E-state index in [0.717, 1.165) is 5.56 Å². The first-order valence-corrected chi connectivity index (χ1v) is 6.91. The quantitative estimate of drug-likeness (QED) is 0.487. The molecule has 21 heavy (non-hydrogen) atoms. The molecule has 1 aliphatic heterocycles. The summed E-state index contributed by atoms with van der Waals surface area (Å²) in [5, 5.41) is 10.8. The van der Waals surface area contributed by atoms with Crippen molar-refractivity contribution < 1.29 is 9.61 Å². The molecule has 1 aliphatic rings. The molecule has 0 N–H and O–H groups in total. The molecule has 1 aromatic rings. The summed E-state index contributed by atoms with van der Waals surface area (Å²) in [5.41, 5.74) is 4.56. The lowest BCUT2D eigenvalue weighted by Gasteiger charge is -2.39. The van der Waals surface area contributed by atoms with Crippen LogP contribution >= 0.6 is 11.6 Å². The number of nitrogens with zero attached hydrogens (tertiary/aromatic N) is 5. The number of guanidine groups is 1. The van der Waals surface area contributed by atoms with E-state index in [1.807, 2.05) is 43.1 Å². The molecule has 0 saturated carbocycles. The average Bonchev–Trinajstić information content (AvgIpc) is 2.41. The molecule has 1 atom stereocenters. The molecule has 1 aromatic carbocycles. The van der Waals surface area contributed by atoms with Gasteiger partial charge in [-0.3, -0.25) is 4.90 Å². The maximum Gasteiger partial charge on any atom is 0.276 e. The van der Waals surface area contributed by atoms with E-state index in [9.17, 15) is 10.1 Å². The number of rotatable bonds is 3. The van der Waals surface area contributed by atoms with Gasteiger partial charge in [0.15, 0.2) is 5.03 Å². The van der Waals surface area contributed by atoms with Gasteiger partial charge in [0.25, 0.3) is 5.96 Å². The summed E-state index contributed by atoms with van der Waals surface area (Å²) in [6, 6.07) is 7.42. The van der Waals surface area contributed by atoms with Crippen molar-refractivity contribution in [2.45, 2.75) is 13.0 Å². The highest BCUT2D eigenvalue weighted by Crippen LogP contribution is 2.25.